The van der Waals surface area contributed by atoms with Crippen molar-refractivity contribution in [2.45, 2.75) is 20.0 Å². The van der Waals surface area contributed by atoms with E-state index in [2.05, 4.69) is 19.9 Å². The molecule has 2 heterocycles. The molecule has 2 heteroatoms. The third kappa shape index (κ3) is 0.976. The maximum atomic E-state index is 5.20. The lowest BCUT2D eigenvalue weighted by Gasteiger charge is -1.88. The molecule has 1 saturated heterocycles. The van der Waals surface area contributed by atoms with Crippen molar-refractivity contribution in [1.82, 2.24) is 0 Å². The number of aryl methyl sites for hydroxylation is 2. The molecule has 2 rings (SSSR count). The van der Waals surface area contributed by atoms with Crippen molar-refractivity contribution >= 4 is 11.3 Å². The molecule has 1 atom stereocenters. The van der Waals surface area contributed by atoms with Crippen molar-refractivity contribution in [2.75, 3.05) is 6.61 Å². The van der Waals surface area contributed by atoms with Crippen LogP contribution in [0.4, 0.5) is 0 Å². The number of thiophene rings is 1. The standard InChI is InChI=1S/C8H10OS/c1-5-3-7(6(2)10-5)8-4-9-8/h3,8H,4H2,1-2H3/t8-/m0/s1. The Hall–Kier alpha value is -0.340. The third-order valence-corrected chi connectivity index (χ3v) is 2.74. The minimum absolute atomic E-state index is 0.435. The number of rotatable bonds is 1. The largest absolute Gasteiger partial charge is 0.368 e. The van der Waals surface area contributed by atoms with Gasteiger partial charge in [0, 0.05) is 9.75 Å². The van der Waals surface area contributed by atoms with Gasteiger partial charge in [-0.3, -0.25) is 0 Å². The summed E-state index contributed by atoms with van der Waals surface area (Å²) in [5.41, 5.74) is 1.41. The van der Waals surface area contributed by atoms with E-state index in [9.17, 15) is 0 Å². The molecule has 1 fully saturated rings. The van der Waals surface area contributed by atoms with Gasteiger partial charge in [0.15, 0.2) is 0 Å². The fraction of sp³-hybridized carbons (Fsp3) is 0.500. The normalized spacial score (nSPS) is 23.2. The van der Waals surface area contributed by atoms with Crippen LogP contribution in [-0.4, -0.2) is 6.61 Å². The van der Waals surface area contributed by atoms with Crippen LogP contribution >= 0.6 is 11.3 Å². The molecule has 0 bridgehead atoms. The summed E-state index contributed by atoms with van der Waals surface area (Å²) >= 11 is 1.86. The highest BCUT2D eigenvalue weighted by molar-refractivity contribution is 7.12. The monoisotopic (exact) mass is 154 g/mol. The van der Waals surface area contributed by atoms with Crippen molar-refractivity contribution in [3.63, 3.8) is 0 Å². The molecule has 0 aromatic carbocycles. The summed E-state index contributed by atoms with van der Waals surface area (Å²) in [6, 6.07) is 2.23. The third-order valence-electron chi connectivity index (χ3n) is 1.76. The molecule has 1 nitrogen and oxygen atoms in total. The Morgan fingerprint density at radius 3 is 2.70 bits per heavy atom. The maximum absolute atomic E-state index is 5.20. The molecule has 0 N–H and O–H groups in total. The van der Waals surface area contributed by atoms with E-state index in [1.54, 1.807) is 0 Å². The van der Waals surface area contributed by atoms with Crippen LogP contribution in [0.2, 0.25) is 0 Å². The highest BCUT2D eigenvalue weighted by atomic mass is 32.1. The number of ether oxygens (including phenoxy) is 1. The minimum Gasteiger partial charge on any atom is -0.368 e. The Labute approximate surface area is 64.6 Å². The van der Waals surface area contributed by atoms with E-state index in [4.69, 9.17) is 4.74 Å². The molecule has 10 heavy (non-hydrogen) atoms. The average Bonchev–Trinajstić information content (AvgIpc) is 2.61. The summed E-state index contributed by atoms with van der Waals surface area (Å²) < 4.78 is 5.20. The molecular weight excluding hydrogens is 144 g/mol. The zero-order valence-corrected chi connectivity index (χ0v) is 6.99. The van der Waals surface area contributed by atoms with Gasteiger partial charge in [-0.1, -0.05) is 0 Å². The molecule has 1 aliphatic heterocycles. The van der Waals surface area contributed by atoms with Gasteiger partial charge in [-0.05, 0) is 25.5 Å². The fourth-order valence-electron chi connectivity index (χ4n) is 1.20. The van der Waals surface area contributed by atoms with Crippen LogP contribution in [0.15, 0.2) is 6.07 Å². The van der Waals surface area contributed by atoms with Gasteiger partial charge in [0.2, 0.25) is 0 Å². The summed E-state index contributed by atoms with van der Waals surface area (Å²) in [4.78, 5) is 2.81. The van der Waals surface area contributed by atoms with Crippen LogP contribution in [0.25, 0.3) is 0 Å². The number of hydrogen-bond donors (Lipinski definition) is 0. The maximum Gasteiger partial charge on any atom is 0.107 e. The highest BCUT2D eigenvalue weighted by Gasteiger charge is 2.27. The van der Waals surface area contributed by atoms with Crippen molar-refractivity contribution in [2.24, 2.45) is 0 Å². The molecule has 54 valence electrons. The lowest BCUT2D eigenvalue weighted by Crippen LogP contribution is -1.76. The quantitative estimate of drug-likeness (QED) is 0.566. The summed E-state index contributed by atoms with van der Waals surface area (Å²) in [6.07, 6.45) is 0.435. The van der Waals surface area contributed by atoms with Gasteiger partial charge in [0.05, 0.1) is 6.61 Å². The van der Waals surface area contributed by atoms with E-state index in [0.29, 0.717) is 6.10 Å². The number of epoxide rings is 1. The first kappa shape index (κ1) is 6.38. The van der Waals surface area contributed by atoms with Gasteiger partial charge in [-0.25, -0.2) is 0 Å². The van der Waals surface area contributed by atoms with E-state index in [0.717, 1.165) is 6.61 Å². The molecule has 1 aliphatic rings. The van der Waals surface area contributed by atoms with E-state index in [1.165, 1.54) is 15.3 Å². The predicted octanol–water partition coefficient (Wildman–Crippen LogP) is 2.44. The molecule has 0 aliphatic carbocycles. The highest BCUT2D eigenvalue weighted by Crippen LogP contribution is 2.35. The van der Waals surface area contributed by atoms with Crippen molar-refractivity contribution in [3.8, 4) is 0 Å². The molecule has 1 aromatic heterocycles. The van der Waals surface area contributed by atoms with Crippen molar-refractivity contribution in [1.29, 1.82) is 0 Å². The Morgan fingerprint density at radius 2 is 2.30 bits per heavy atom. The van der Waals surface area contributed by atoms with Crippen LogP contribution in [0.1, 0.15) is 21.4 Å². The summed E-state index contributed by atoms with van der Waals surface area (Å²) in [5.74, 6) is 0. The van der Waals surface area contributed by atoms with Crippen LogP contribution < -0.4 is 0 Å². The van der Waals surface area contributed by atoms with E-state index < -0.39 is 0 Å². The van der Waals surface area contributed by atoms with Crippen molar-refractivity contribution in [3.05, 3.63) is 21.4 Å². The van der Waals surface area contributed by atoms with E-state index >= 15 is 0 Å². The number of hydrogen-bond acceptors (Lipinski definition) is 2. The van der Waals surface area contributed by atoms with Crippen LogP contribution in [0, 0.1) is 13.8 Å². The molecular formula is C8H10OS. The zero-order valence-electron chi connectivity index (χ0n) is 6.18. The molecule has 0 unspecified atom stereocenters. The van der Waals surface area contributed by atoms with Crippen LogP contribution in [0.3, 0.4) is 0 Å². The van der Waals surface area contributed by atoms with Crippen LogP contribution in [-0.2, 0) is 4.74 Å². The van der Waals surface area contributed by atoms with Gasteiger partial charge >= 0.3 is 0 Å². The summed E-state index contributed by atoms with van der Waals surface area (Å²) in [7, 11) is 0. The minimum atomic E-state index is 0.435. The Kier molecular flexibility index (Phi) is 1.32. The first-order chi connectivity index (χ1) is 4.77. The van der Waals surface area contributed by atoms with Crippen molar-refractivity contribution < 1.29 is 4.74 Å². The Morgan fingerprint density at radius 1 is 1.60 bits per heavy atom. The Bertz CT molecular complexity index is 248. The van der Waals surface area contributed by atoms with Gasteiger partial charge < -0.3 is 4.74 Å². The van der Waals surface area contributed by atoms with Crippen LogP contribution in [0.5, 0.6) is 0 Å². The zero-order chi connectivity index (χ0) is 7.14. The lowest BCUT2D eigenvalue weighted by molar-refractivity contribution is 0.415. The second-order valence-corrected chi connectivity index (χ2v) is 4.15. The first-order valence-electron chi connectivity index (χ1n) is 3.46. The van der Waals surface area contributed by atoms with Gasteiger partial charge in [-0.15, -0.1) is 11.3 Å². The topological polar surface area (TPSA) is 12.5 Å². The SMILES string of the molecule is Cc1cc([C@@H]2CO2)c(C)s1. The molecule has 0 radical (unpaired) electrons. The second-order valence-electron chi connectivity index (χ2n) is 2.69. The summed E-state index contributed by atoms with van der Waals surface area (Å²) in [5, 5.41) is 0. The lowest BCUT2D eigenvalue weighted by atomic mass is 10.2. The Balaban J connectivity index is 2.38. The molecule has 0 spiro atoms. The predicted molar refractivity (Wildman–Crippen MR) is 42.5 cm³/mol. The fourth-order valence-corrected chi connectivity index (χ4v) is 2.17. The van der Waals surface area contributed by atoms with Gasteiger partial charge in [-0.2, -0.15) is 0 Å². The first-order valence-corrected chi connectivity index (χ1v) is 4.27. The van der Waals surface area contributed by atoms with Gasteiger partial charge in [0.25, 0.3) is 0 Å². The molecule has 1 aromatic rings. The second kappa shape index (κ2) is 2.07. The van der Waals surface area contributed by atoms with E-state index in [-0.39, 0.29) is 0 Å². The molecule has 0 saturated carbocycles. The van der Waals surface area contributed by atoms with Gasteiger partial charge in [0.1, 0.15) is 6.10 Å². The molecule has 0 amide bonds. The van der Waals surface area contributed by atoms with E-state index in [1.807, 2.05) is 11.3 Å². The summed E-state index contributed by atoms with van der Waals surface area (Å²) in [6.45, 7) is 5.23. The smallest absolute Gasteiger partial charge is 0.107 e. The average molecular weight is 154 g/mol.